The normalized spacial score (nSPS) is 18.6. The van der Waals surface area contributed by atoms with Gasteiger partial charge in [0.2, 0.25) is 11.8 Å². The van der Waals surface area contributed by atoms with Crippen LogP contribution in [0.4, 0.5) is 17.1 Å². The number of halogens is 1. The number of hydrogen-bond acceptors (Lipinski definition) is 15. The van der Waals surface area contributed by atoms with Gasteiger partial charge in [-0.1, -0.05) is 61.1 Å². The predicted molar refractivity (Wildman–Crippen MR) is 334 cm³/mol. The average Bonchev–Trinajstić information content (AvgIpc) is 2.54. The number of pyridine rings is 1. The molecule has 454 valence electrons. The maximum absolute atomic E-state index is 14.2. The zero-order valence-electron chi connectivity index (χ0n) is 49.2. The minimum absolute atomic E-state index is 0.0544. The molecule has 5 aliphatic rings. The van der Waals surface area contributed by atoms with Crippen LogP contribution < -0.4 is 25.0 Å². The molecule has 3 fully saturated rings. The molecule has 2 aromatic heterocycles. The van der Waals surface area contributed by atoms with Crippen LogP contribution in [-0.4, -0.2) is 152 Å². The number of aromatic nitrogens is 2. The fraction of sp³-hybridized carbons (Fsp3) is 0.400. The average molecular weight is 1220 g/mol. The number of ether oxygens (including phenoxy) is 1. The highest BCUT2D eigenvalue weighted by Crippen LogP contribution is 2.44. The third-order valence-electron chi connectivity index (χ3n) is 17.5. The Balaban J connectivity index is 0.672. The molecule has 1 atom stereocenters. The Kier molecular flexibility index (Phi) is 18.1. The maximum atomic E-state index is 14.2. The molecule has 4 aliphatic heterocycles. The van der Waals surface area contributed by atoms with Gasteiger partial charge in [-0.3, -0.25) is 44.4 Å². The second kappa shape index (κ2) is 26.1. The molecular formula is C65H72ClN11O9S. The maximum Gasteiger partial charge on any atom is 0.293 e. The second-order valence-corrected chi connectivity index (χ2v) is 26.3. The summed E-state index contributed by atoms with van der Waals surface area (Å²) in [5.74, 6) is 5.20. The Morgan fingerprint density at radius 2 is 1.74 bits per heavy atom. The van der Waals surface area contributed by atoms with Gasteiger partial charge in [0.15, 0.2) is 0 Å². The smallest absolute Gasteiger partial charge is 0.293 e. The van der Waals surface area contributed by atoms with Crippen molar-refractivity contribution in [1.29, 1.82) is 0 Å². The van der Waals surface area contributed by atoms with Gasteiger partial charge in [0.05, 0.1) is 28.1 Å². The van der Waals surface area contributed by atoms with E-state index >= 15 is 0 Å². The van der Waals surface area contributed by atoms with Crippen molar-refractivity contribution < 1.29 is 37.3 Å². The van der Waals surface area contributed by atoms with Crippen LogP contribution in [0.3, 0.4) is 0 Å². The number of piperazine rings is 1. The van der Waals surface area contributed by atoms with Gasteiger partial charge < -0.3 is 29.7 Å². The van der Waals surface area contributed by atoms with E-state index in [1.54, 1.807) is 42.6 Å². The number of sulfonamides is 1. The molecule has 87 heavy (non-hydrogen) atoms. The number of amides is 4. The monoisotopic (exact) mass is 1220 g/mol. The number of rotatable bonds is 19. The number of aromatic amines is 1. The number of nitro groups is 1. The number of fused-ring (bicyclic) bond motifs is 2. The first-order valence-corrected chi connectivity index (χ1v) is 31.6. The van der Waals surface area contributed by atoms with Crippen molar-refractivity contribution in [2.24, 2.45) is 11.3 Å². The summed E-state index contributed by atoms with van der Waals surface area (Å²) >= 11 is 6.27. The first kappa shape index (κ1) is 60.6. The van der Waals surface area contributed by atoms with E-state index in [4.69, 9.17) is 16.3 Å². The standard InChI is InChI=1S/C65H72ClN11O9S/c1-65(2)24-20-47(54(38-65)45-10-12-48(66)13-11-45)41-74-31-33-75(34-32-74)49-14-16-53(59(36-49)86-50-35-46-21-25-67-61(46)69-40-50)62(79)71-87(84,85)51-15-17-56(58(37-51)77(82)83)68-39-43-22-29-73(30-23-43)28-6-27-72(3)26-5-8-44-7-4-9-52-55(44)42-76(64(52)81)57-18-19-60(78)70-63(57)80/h4,7,9-17,21,25,35-37,40,43,57,68H,6,18-20,22-24,26-34,38-39,41-42H2,1-3H3,(H,67,69)(H,71,79)(H,70,78,80). The van der Waals surface area contributed by atoms with Crippen molar-refractivity contribution in [3.05, 3.63) is 152 Å². The molecule has 0 bridgehead atoms. The van der Waals surface area contributed by atoms with E-state index in [2.05, 4.69) is 82.7 Å². The minimum Gasteiger partial charge on any atom is -0.455 e. The quantitative estimate of drug-likeness (QED) is 0.0256. The van der Waals surface area contributed by atoms with Crippen molar-refractivity contribution in [2.75, 3.05) is 89.3 Å². The lowest BCUT2D eigenvalue weighted by molar-refractivity contribution is -0.384. The van der Waals surface area contributed by atoms with Crippen LogP contribution in [0.25, 0.3) is 16.6 Å². The second-order valence-electron chi connectivity index (χ2n) is 24.2. The molecule has 1 aliphatic carbocycles. The van der Waals surface area contributed by atoms with Crippen LogP contribution >= 0.6 is 11.6 Å². The summed E-state index contributed by atoms with van der Waals surface area (Å²) in [6.45, 7) is 13.2. The van der Waals surface area contributed by atoms with Gasteiger partial charge in [-0.2, -0.15) is 0 Å². The number of nitro benzene ring substituents is 1. The fourth-order valence-corrected chi connectivity index (χ4v) is 13.6. The number of likely N-dealkylation sites (tertiary alicyclic amines) is 1. The molecule has 1 unspecified atom stereocenters. The van der Waals surface area contributed by atoms with E-state index in [-0.39, 0.29) is 53.1 Å². The molecule has 11 rings (SSSR count). The lowest BCUT2D eigenvalue weighted by Crippen LogP contribution is -2.52. The summed E-state index contributed by atoms with van der Waals surface area (Å²) in [5, 5.41) is 19.5. The highest BCUT2D eigenvalue weighted by atomic mass is 35.5. The SMILES string of the molecule is CN(CC#Cc1cccc2c1CN(C1CCC(=O)NC1=O)C2=O)CCCN1CCC(CNc2ccc(S(=O)(=O)NC(=O)c3ccc(N4CCN(CC5=C(c6ccc(Cl)cc6)CC(C)(C)CC5)CC4)cc3Oc3cnc4[nH]ccc4c3)cc2[N+](=O)[O-])CC1. The van der Waals surface area contributed by atoms with Crippen LogP contribution in [0, 0.1) is 33.3 Å². The van der Waals surface area contributed by atoms with E-state index in [0.717, 1.165) is 118 Å². The molecule has 0 radical (unpaired) electrons. The van der Waals surface area contributed by atoms with E-state index in [0.29, 0.717) is 49.6 Å². The van der Waals surface area contributed by atoms with Crippen molar-refractivity contribution in [1.82, 2.24) is 39.6 Å². The predicted octanol–water partition coefficient (Wildman–Crippen LogP) is 9.08. The number of piperidine rings is 2. The number of allylic oxidation sites excluding steroid dienone is 1. The van der Waals surface area contributed by atoms with Crippen LogP contribution in [0.15, 0.2) is 114 Å². The number of benzene rings is 4. The van der Waals surface area contributed by atoms with E-state index < -0.39 is 43.4 Å². The van der Waals surface area contributed by atoms with Gasteiger partial charge in [0.25, 0.3) is 27.5 Å². The topological polar surface area (TPSA) is 236 Å². The molecule has 4 amide bonds. The summed E-state index contributed by atoms with van der Waals surface area (Å²) in [6, 6.07) is 25.2. The molecule has 20 nitrogen and oxygen atoms in total. The van der Waals surface area contributed by atoms with Gasteiger partial charge in [0.1, 0.15) is 28.9 Å². The highest BCUT2D eigenvalue weighted by Gasteiger charge is 2.40. The Hall–Kier alpha value is -8.13. The van der Waals surface area contributed by atoms with Crippen LogP contribution in [0.2, 0.25) is 5.02 Å². The summed E-state index contributed by atoms with van der Waals surface area (Å²) in [7, 11) is -2.61. The van der Waals surface area contributed by atoms with Crippen molar-refractivity contribution in [2.45, 2.75) is 82.7 Å². The molecule has 4 N–H and O–H groups in total. The zero-order chi connectivity index (χ0) is 61.0. The number of nitrogens with zero attached hydrogens (tertiary/aromatic N) is 7. The Bertz CT molecular complexity index is 3840. The van der Waals surface area contributed by atoms with Crippen LogP contribution in [0.1, 0.15) is 103 Å². The molecular weight excluding hydrogens is 1150 g/mol. The number of hydrogen-bond donors (Lipinski definition) is 4. The summed E-state index contributed by atoms with van der Waals surface area (Å²) in [6.07, 6.45) is 9.59. The van der Waals surface area contributed by atoms with E-state index in [9.17, 15) is 37.7 Å². The number of H-pyrrole nitrogens is 1. The number of carbonyl (C=O) groups is 4. The fourth-order valence-electron chi connectivity index (χ4n) is 12.5. The Labute approximate surface area is 511 Å². The lowest BCUT2D eigenvalue weighted by atomic mass is 9.72. The lowest BCUT2D eigenvalue weighted by Gasteiger charge is -2.39. The van der Waals surface area contributed by atoms with Gasteiger partial charge in [-0.25, -0.2) is 18.1 Å². The Morgan fingerprint density at radius 1 is 0.943 bits per heavy atom. The molecule has 6 aromatic rings. The van der Waals surface area contributed by atoms with E-state index in [1.165, 1.54) is 39.9 Å². The van der Waals surface area contributed by atoms with Gasteiger partial charge in [0, 0.05) is 97.8 Å². The van der Waals surface area contributed by atoms with Crippen molar-refractivity contribution in [3.8, 4) is 23.3 Å². The summed E-state index contributed by atoms with van der Waals surface area (Å²) in [4.78, 5) is 81.4. The molecule has 0 spiro atoms. The molecule has 22 heteroatoms. The van der Waals surface area contributed by atoms with Gasteiger partial charge >= 0.3 is 0 Å². The summed E-state index contributed by atoms with van der Waals surface area (Å²) < 4.78 is 36.5. The summed E-state index contributed by atoms with van der Waals surface area (Å²) in [5.41, 5.74) is 7.50. The van der Waals surface area contributed by atoms with Crippen LogP contribution in [-0.2, 0) is 26.2 Å². The minimum atomic E-state index is -4.63. The van der Waals surface area contributed by atoms with Crippen LogP contribution in [0.5, 0.6) is 11.5 Å². The number of nitrogens with one attached hydrogen (secondary N) is 4. The zero-order valence-corrected chi connectivity index (χ0v) is 50.8. The molecule has 3 saturated heterocycles. The number of anilines is 2. The molecule has 6 heterocycles. The first-order valence-electron chi connectivity index (χ1n) is 29.8. The van der Waals surface area contributed by atoms with Gasteiger partial charge in [-0.15, -0.1) is 0 Å². The molecule has 0 saturated carbocycles. The first-order chi connectivity index (χ1) is 41.8. The van der Waals surface area contributed by atoms with Gasteiger partial charge in [-0.05, 0) is 167 Å². The third-order valence-corrected chi connectivity index (χ3v) is 19.1. The van der Waals surface area contributed by atoms with Crippen molar-refractivity contribution in [3.63, 3.8) is 0 Å². The molecule has 4 aromatic carbocycles. The van der Waals surface area contributed by atoms with E-state index in [1.807, 2.05) is 31.3 Å². The Morgan fingerprint density at radius 3 is 2.51 bits per heavy atom. The highest BCUT2D eigenvalue weighted by molar-refractivity contribution is 7.90. The number of imide groups is 1. The largest absolute Gasteiger partial charge is 0.455 e. The third kappa shape index (κ3) is 14.3. The van der Waals surface area contributed by atoms with Crippen molar-refractivity contribution >= 4 is 78.9 Å². The number of carbonyl (C=O) groups excluding carboxylic acids is 4.